The molecule has 1 saturated heterocycles. The van der Waals surface area contributed by atoms with Gasteiger partial charge in [0.2, 0.25) is 14.5 Å². The number of aliphatic hydroxyl groups is 1. The summed E-state index contributed by atoms with van der Waals surface area (Å²) in [5.74, 6) is 0.173. The van der Waals surface area contributed by atoms with Crippen LogP contribution in [0, 0.1) is 4.64 Å². The van der Waals surface area contributed by atoms with E-state index in [0.717, 1.165) is 0 Å². The third-order valence-electron chi connectivity index (χ3n) is 3.34. The van der Waals surface area contributed by atoms with Gasteiger partial charge in [-0.15, -0.1) is 0 Å². The number of ether oxygens (including phenoxy) is 1. The molecule has 120 valence electrons. The molecule has 0 amide bonds. The van der Waals surface area contributed by atoms with E-state index >= 15 is 0 Å². The van der Waals surface area contributed by atoms with Crippen molar-refractivity contribution in [3.8, 4) is 0 Å². The van der Waals surface area contributed by atoms with Crippen molar-refractivity contribution in [2.24, 2.45) is 5.50 Å². The summed E-state index contributed by atoms with van der Waals surface area (Å²) in [7, 11) is -1.99. The van der Waals surface area contributed by atoms with Crippen molar-refractivity contribution in [1.29, 1.82) is 0 Å². The number of H-pyrrole nitrogens is 1. The molecule has 1 unspecified atom stereocenters. The number of aromatic amines is 1. The summed E-state index contributed by atoms with van der Waals surface area (Å²) < 4.78 is 12.7. The fourth-order valence-electron chi connectivity index (χ4n) is 2.34. The van der Waals surface area contributed by atoms with E-state index in [0.29, 0.717) is 22.2 Å². The first-order chi connectivity index (χ1) is 10.5. The maximum Gasteiger partial charge on any atom is 0.250 e. The molecule has 3 heterocycles. The lowest BCUT2D eigenvalue weighted by Gasteiger charge is -2.16. The lowest BCUT2D eigenvalue weighted by molar-refractivity contribution is -0.0378. The number of fused-ring (bicyclic) bond motifs is 1. The first kappa shape index (κ1) is 15.7. The van der Waals surface area contributed by atoms with Crippen LogP contribution in [-0.4, -0.2) is 48.3 Å². The first-order valence-corrected chi connectivity index (χ1v) is 8.07. The van der Waals surface area contributed by atoms with Crippen LogP contribution in [0.4, 0.5) is 5.95 Å². The van der Waals surface area contributed by atoms with E-state index < -0.39 is 27.0 Å². The molecular formula is C10H15N6O4PS. The van der Waals surface area contributed by atoms with Gasteiger partial charge in [-0.05, 0) is 0 Å². The Kier molecular flexibility index (Phi) is 4.37. The van der Waals surface area contributed by atoms with Crippen molar-refractivity contribution < 1.29 is 19.3 Å². The predicted molar refractivity (Wildman–Crippen MR) is 80.9 cm³/mol. The molecular weight excluding hydrogens is 331 g/mol. The second kappa shape index (κ2) is 6.13. The van der Waals surface area contributed by atoms with Gasteiger partial charge in [-0.2, -0.15) is 4.98 Å². The number of nitrogens with zero attached hydrogens (tertiary/aromatic N) is 3. The summed E-state index contributed by atoms with van der Waals surface area (Å²) in [6.45, 7) is -0.00136. The molecule has 7 N–H and O–H groups in total. The monoisotopic (exact) mass is 346 g/mol. The van der Waals surface area contributed by atoms with Crippen LogP contribution in [0.1, 0.15) is 12.6 Å². The van der Waals surface area contributed by atoms with Gasteiger partial charge in [-0.25, -0.2) is 4.98 Å². The van der Waals surface area contributed by atoms with Crippen molar-refractivity contribution in [2.45, 2.75) is 24.9 Å². The molecule has 0 saturated carbocycles. The van der Waals surface area contributed by atoms with Crippen LogP contribution in [0.2, 0.25) is 0 Å². The summed E-state index contributed by atoms with van der Waals surface area (Å²) >= 11 is 5.14. The Labute approximate surface area is 131 Å². The van der Waals surface area contributed by atoms with Gasteiger partial charge in [0.05, 0.1) is 19.0 Å². The zero-order valence-electron chi connectivity index (χ0n) is 11.3. The molecule has 1 fully saturated rings. The predicted octanol–water partition coefficient (Wildman–Crippen LogP) is -0.0860. The Morgan fingerprint density at radius 2 is 2.41 bits per heavy atom. The number of nitrogens with two attached hydrogens (primary N) is 2. The molecule has 12 heteroatoms. The zero-order chi connectivity index (χ0) is 15.9. The number of imidazole rings is 1. The van der Waals surface area contributed by atoms with E-state index in [2.05, 4.69) is 15.0 Å². The van der Waals surface area contributed by atoms with Crippen LogP contribution in [0.3, 0.4) is 0 Å². The Bertz CT molecular complexity index is 736. The number of nitrogens with one attached hydrogen (secondary N) is 1. The van der Waals surface area contributed by atoms with Gasteiger partial charge < -0.3 is 30.0 Å². The van der Waals surface area contributed by atoms with Gasteiger partial charge in [0.25, 0.3) is 0 Å². The largest absolute Gasteiger partial charge is 0.390 e. The third kappa shape index (κ3) is 2.97. The number of anilines is 1. The lowest BCUT2D eigenvalue weighted by Crippen LogP contribution is -2.26. The van der Waals surface area contributed by atoms with Crippen molar-refractivity contribution in [3.63, 3.8) is 0 Å². The van der Waals surface area contributed by atoms with Crippen LogP contribution in [0.5, 0.6) is 0 Å². The molecule has 0 aromatic carbocycles. The molecule has 0 bridgehead atoms. The highest BCUT2D eigenvalue weighted by atomic mass is 32.1. The van der Waals surface area contributed by atoms with Crippen LogP contribution in [0.15, 0.2) is 6.33 Å². The maximum absolute atomic E-state index is 10.0. The minimum atomic E-state index is -1.99. The van der Waals surface area contributed by atoms with Crippen molar-refractivity contribution in [2.75, 3.05) is 12.3 Å². The van der Waals surface area contributed by atoms with Gasteiger partial charge in [0.15, 0.2) is 5.65 Å². The number of rotatable bonds is 4. The van der Waals surface area contributed by atoms with E-state index in [1.165, 1.54) is 6.33 Å². The summed E-state index contributed by atoms with van der Waals surface area (Å²) in [6, 6.07) is 0. The zero-order valence-corrected chi connectivity index (χ0v) is 13.0. The minimum absolute atomic E-state index is 0.00136. The molecule has 0 radical (unpaired) electrons. The highest BCUT2D eigenvalue weighted by Gasteiger charge is 2.36. The summed E-state index contributed by atoms with van der Waals surface area (Å²) in [5.41, 5.74) is 11.8. The molecule has 1 aliphatic rings. The fraction of sp³-hybridized carbons (Fsp3) is 0.500. The van der Waals surface area contributed by atoms with E-state index in [1.807, 2.05) is 0 Å². The Balaban J connectivity index is 1.85. The van der Waals surface area contributed by atoms with E-state index in [-0.39, 0.29) is 12.6 Å². The smallest absolute Gasteiger partial charge is 0.250 e. The average molecular weight is 346 g/mol. The number of aliphatic hydroxyl groups excluding tert-OH is 1. The van der Waals surface area contributed by atoms with Crippen molar-refractivity contribution in [3.05, 3.63) is 11.0 Å². The Morgan fingerprint density at radius 3 is 3.14 bits per heavy atom. The van der Waals surface area contributed by atoms with Crippen molar-refractivity contribution >= 4 is 37.9 Å². The second-order valence-electron chi connectivity index (χ2n) is 4.81. The number of nitrogen functional groups attached to an aromatic ring is 1. The molecule has 22 heavy (non-hydrogen) atoms. The van der Waals surface area contributed by atoms with Gasteiger partial charge in [0, 0.05) is 6.42 Å². The van der Waals surface area contributed by atoms with Crippen LogP contribution in [0.25, 0.3) is 11.2 Å². The summed E-state index contributed by atoms with van der Waals surface area (Å²) in [6.07, 6.45) is 0.00981. The van der Waals surface area contributed by atoms with Crippen LogP contribution < -0.4 is 11.2 Å². The molecule has 0 aliphatic carbocycles. The van der Waals surface area contributed by atoms with Gasteiger partial charge >= 0.3 is 0 Å². The lowest BCUT2D eigenvalue weighted by atomic mass is 10.2. The molecule has 0 spiro atoms. The number of aromatic nitrogens is 4. The first-order valence-electron chi connectivity index (χ1n) is 6.38. The molecule has 2 aromatic rings. The SMILES string of the molecule is Nc1nc2c(ncn2[C@H]2C[C@H](O)[C@@H](COP(N)O)O2)c(=S)[nH]1. The molecule has 2 aromatic heterocycles. The molecule has 10 nitrogen and oxygen atoms in total. The van der Waals surface area contributed by atoms with E-state index in [1.54, 1.807) is 4.57 Å². The topological polar surface area (TPSA) is 157 Å². The molecule has 3 rings (SSSR count). The standard InChI is InChI=1S/C10H15N6O4PS/c11-10-14-8-7(9(22)15-10)13-3-16(8)6-1-4(17)5(20-6)2-19-21(12)18/h3-6,17-18H,1-2,12H2,(H3,11,14,15,22)/t4-,5+,6+,21?/m0/s1. The number of hydrogen-bond donors (Lipinski definition) is 5. The highest BCUT2D eigenvalue weighted by molar-refractivity contribution is 7.71. The van der Waals surface area contributed by atoms with Crippen molar-refractivity contribution in [1.82, 2.24) is 19.5 Å². The van der Waals surface area contributed by atoms with Gasteiger partial charge in [-0.1, -0.05) is 12.2 Å². The minimum Gasteiger partial charge on any atom is -0.390 e. The molecule has 4 atom stereocenters. The van der Waals surface area contributed by atoms with E-state index in [9.17, 15) is 5.11 Å². The quantitative estimate of drug-likeness (QED) is 0.377. The fourth-order valence-corrected chi connectivity index (χ4v) is 2.89. The summed E-state index contributed by atoms with van der Waals surface area (Å²) in [5, 5.41) is 10.0. The van der Waals surface area contributed by atoms with Crippen LogP contribution in [-0.2, 0) is 9.26 Å². The normalized spacial score (nSPS) is 26.6. The van der Waals surface area contributed by atoms with Crippen LogP contribution >= 0.6 is 20.7 Å². The van der Waals surface area contributed by atoms with Gasteiger partial charge in [-0.3, -0.25) is 10.1 Å². The third-order valence-corrected chi connectivity index (χ3v) is 4.05. The van der Waals surface area contributed by atoms with Gasteiger partial charge in [0.1, 0.15) is 22.5 Å². The second-order valence-corrected chi connectivity index (χ2v) is 6.08. The maximum atomic E-state index is 10.0. The Morgan fingerprint density at radius 1 is 1.64 bits per heavy atom. The summed E-state index contributed by atoms with van der Waals surface area (Å²) in [4.78, 5) is 20.1. The average Bonchev–Trinajstić information content (AvgIpc) is 3.00. The number of hydrogen-bond acceptors (Lipinski definition) is 9. The Hall–Kier alpha value is -1.20. The highest BCUT2D eigenvalue weighted by Crippen LogP contribution is 2.32. The van der Waals surface area contributed by atoms with E-state index in [4.69, 9.17) is 37.6 Å². The molecule has 1 aliphatic heterocycles.